The Hall–Kier alpha value is -1.56. The maximum absolute atomic E-state index is 12.3. The Morgan fingerprint density at radius 3 is 2.45 bits per heavy atom. The van der Waals surface area contributed by atoms with Crippen molar-refractivity contribution in [3.63, 3.8) is 0 Å². The maximum atomic E-state index is 12.3. The number of halogens is 1. The first kappa shape index (κ1) is 14.8. The third-order valence-corrected chi connectivity index (χ3v) is 4.68. The first-order valence-corrected chi connectivity index (χ1v) is 7.85. The summed E-state index contributed by atoms with van der Waals surface area (Å²) < 4.78 is 27.1. The van der Waals surface area contributed by atoms with Gasteiger partial charge in [-0.05, 0) is 42.3 Å². The zero-order chi connectivity index (χ0) is 14.8. The minimum atomic E-state index is -3.58. The van der Waals surface area contributed by atoms with Gasteiger partial charge in [-0.1, -0.05) is 29.8 Å². The molecule has 0 aromatic heterocycles. The van der Waals surface area contributed by atoms with Gasteiger partial charge < -0.3 is 5.73 Å². The predicted octanol–water partition coefficient (Wildman–Crippen LogP) is 2.71. The maximum Gasteiger partial charge on any atom is 0.241 e. The first-order chi connectivity index (χ1) is 9.38. The lowest BCUT2D eigenvalue weighted by Crippen LogP contribution is -2.24. The molecule has 0 heterocycles. The van der Waals surface area contributed by atoms with E-state index in [1.54, 1.807) is 43.3 Å². The zero-order valence-corrected chi connectivity index (χ0v) is 12.5. The highest BCUT2D eigenvalue weighted by atomic mass is 35.5. The Labute approximate surface area is 123 Å². The second-order valence-electron chi connectivity index (χ2n) is 4.48. The van der Waals surface area contributed by atoms with Gasteiger partial charge in [0.2, 0.25) is 10.0 Å². The second-order valence-corrected chi connectivity index (χ2v) is 6.65. The van der Waals surface area contributed by atoms with Crippen molar-refractivity contribution >= 4 is 27.3 Å². The minimum Gasteiger partial charge on any atom is -0.399 e. The molecule has 0 fully saturated rings. The highest BCUT2D eigenvalue weighted by Crippen LogP contribution is 2.18. The monoisotopic (exact) mass is 310 g/mol. The summed E-state index contributed by atoms with van der Waals surface area (Å²) in [7, 11) is -3.58. The molecule has 0 bridgehead atoms. The topological polar surface area (TPSA) is 72.2 Å². The number of aryl methyl sites for hydroxylation is 1. The molecule has 0 unspecified atom stereocenters. The molecular formula is C14H15ClN2O2S. The van der Waals surface area contributed by atoms with Crippen LogP contribution in [0.5, 0.6) is 0 Å². The van der Waals surface area contributed by atoms with Crippen LogP contribution in [0, 0.1) is 6.92 Å². The lowest BCUT2D eigenvalue weighted by Gasteiger charge is -2.10. The molecule has 6 heteroatoms. The molecule has 106 valence electrons. The third kappa shape index (κ3) is 3.50. The number of sulfonamides is 1. The van der Waals surface area contributed by atoms with Crippen molar-refractivity contribution in [3.05, 3.63) is 58.6 Å². The lowest BCUT2D eigenvalue weighted by molar-refractivity contribution is 0.580. The van der Waals surface area contributed by atoms with Crippen LogP contribution in [-0.4, -0.2) is 8.42 Å². The van der Waals surface area contributed by atoms with Crippen LogP contribution < -0.4 is 10.5 Å². The van der Waals surface area contributed by atoms with E-state index in [0.717, 1.165) is 5.56 Å². The van der Waals surface area contributed by atoms with Gasteiger partial charge in [0.05, 0.1) is 4.90 Å². The largest absolute Gasteiger partial charge is 0.399 e. The fourth-order valence-electron chi connectivity index (χ4n) is 1.76. The Kier molecular flexibility index (Phi) is 4.32. The first-order valence-electron chi connectivity index (χ1n) is 5.99. The van der Waals surface area contributed by atoms with Crippen LogP contribution in [0.3, 0.4) is 0 Å². The molecule has 2 aromatic carbocycles. The summed E-state index contributed by atoms with van der Waals surface area (Å²) in [6, 6.07) is 11.8. The minimum absolute atomic E-state index is 0.200. The van der Waals surface area contributed by atoms with E-state index in [2.05, 4.69) is 4.72 Å². The molecule has 0 radical (unpaired) electrons. The molecule has 0 aliphatic carbocycles. The number of anilines is 1. The number of hydrogen-bond donors (Lipinski definition) is 2. The van der Waals surface area contributed by atoms with Gasteiger partial charge in [0.15, 0.2) is 0 Å². The lowest BCUT2D eigenvalue weighted by atomic mass is 10.2. The summed E-state index contributed by atoms with van der Waals surface area (Å²) in [5.74, 6) is 0. The summed E-state index contributed by atoms with van der Waals surface area (Å²) in [6.07, 6.45) is 0. The number of rotatable bonds is 4. The Morgan fingerprint density at radius 1 is 1.15 bits per heavy atom. The number of nitrogens with one attached hydrogen (secondary N) is 1. The van der Waals surface area contributed by atoms with Gasteiger partial charge >= 0.3 is 0 Å². The van der Waals surface area contributed by atoms with Crippen LogP contribution in [0.2, 0.25) is 5.02 Å². The van der Waals surface area contributed by atoms with Crippen molar-refractivity contribution in [2.24, 2.45) is 0 Å². The van der Waals surface area contributed by atoms with E-state index in [4.69, 9.17) is 17.3 Å². The van der Waals surface area contributed by atoms with E-state index in [1.807, 2.05) is 0 Å². The van der Waals surface area contributed by atoms with Crippen LogP contribution in [0.25, 0.3) is 0 Å². The number of nitrogen functional groups attached to an aromatic ring is 1. The van der Waals surface area contributed by atoms with Crippen LogP contribution in [0.1, 0.15) is 11.1 Å². The zero-order valence-electron chi connectivity index (χ0n) is 10.9. The van der Waals surface area contributed by atoms with Crippen molar-refractivity contribution in [1.29, 1.82) is 0 Å². The number of nitrogens with two attached hydrogens (primary N) is 1. The van der Waals surface area contributed by atoms with E-state index in [9.17, 15) is 8.42 Å². The summed E-state index contributed by atoms with van der Waals surface area (Å²) in [5.41, 5.74) is 7.55. The number of benzene rings is 2. The van der Waals surface area contributed by atoms with E-state index < -0.39 is 10.0 Å². The van der Waals surface area contributed by atoms with Crippen molar-refractivity contribution in [2.75, 3.05) is 5.73 Å². The molecule has 0 spiro atoms. The van der Waals surface area contributed by atoms with E-state index in [0.29, 0.717) is 16.3 Å². The molecule has 2 rings (SSSR count). The molecule has 4 nitrogen and oxygen atoms in total. The SMILES string of the molecule is Cc1ccc(N)cc1S(=O)(=O)NCc1ccc(Cl)cc1. The molecule has 0 amide bonds. The molecule has 0 saturated carbocycles. The van der Waals surface area contributed by atoms with Crippen LogP contribution in [0.4, 0.5) is 5.69 Å². The quantitative estimate of drug-likeness (QED) is 0.853. The predicted molar refractivity (Wildman–Crippen MR) is 81.1 cm³/mol. The molecule has 0 aliphatic rings. The standard InChI is InChI=1S/C14H15ClN2O2S/c1-10-2-7-13(16)8-14(10)20(18,19)17-9-11-3-5-12(15)6-4-11/h2-8,17H,9,16H2,1H3. The summed E-state index contributed by atoms with van der Waals surface area (Å²) in [5, 5.41) is 0.614. The van der Waals surface area contributed by atoms with Crippen molar-refractivity contribution in [1.82, 2.24) is 4.72 Å². The van der Waals surface area contributed by atoms with Gasteiger partial charge in [-0.15, -0.1) is 0 Å². The highest BCUT2D eigenvalue weighted by molar-refractivity contribution is 7.89. The average Bonchev–Trinajstić information content (AvgIpc) is 2.41. The third-order valence-electron chi connectivity index (χ3n) is 2.88. The Bertz CT molecular complexity index is 712. The summed E-state index contributed by atoms with van der Waals surface area (Å²) >= 11 is 5.78. The smallest absolute Gasteiger partial charge is 0.241 e. The summed E-state index contributed by atoms with van der Waals surface area (Å²) in [4.78, 5) is 0.200. The molecule has 3 N–H and O–H groups in total. The van der Waals surface area contributed by atoms with Crippen molar-refractivity contribution in [3.8, 4) is 0 Å². The van der Waals surface area contributed by atoms with Crippen LogP contribution in [-0.2, 0) is 16.6 Å². The van der Waals surface area contributed by atoms with Crippen molar-refractivity contribution < 1.29 is 8.42 Å². The van der Waals surface area contributed by atoms with E-state index >= 15 is 0 Å². The van der Waals surface area contributed by atoms with Gasteiger partial charge in [-0.2, -0.15) is 0 Å². The molecule has 20 heavy (non-hydrogen) atoms. The molecule has 0 saturated heterocycles. The molecular weight excluding hydrogens is 296 g/mol. The molecule has 2 aromatic rings. The van der Waals surface area contributed by atoms with Gasteiger partial charge in [0, 0.05) is 17.3 Å². The average molecular weight is 311 g/mol. The van der Waals surface area contributed by atoms with Gasteiger partial charge in [0.1, 0.15) is 0 Å². The van der Waals surface area contributed by atoms with Gasteiger partial charge in [0.25, 0.3) is 0 Å². The Balaban J connectivity index is 2.19. The molecule has 0 atom stereocenters. The van der Waals surface area contributed by atoms with E-state index in [1.165, 1.54) is 6.07 Å². The van der Waals surface area contributed by atoms with Crippen LogP contribution >= 0.6 is 11.6 Å². The molecule has 0 aliphatic heterocycles. The number of hydrogen-bond acceptors (Lipinski definition) is 3. The van der Waals surface area contributed by atoms with Crippen molar-refractivity contribution in [2.45, 2.75) is 18.4 Å². The summed E-state index contributed by atoms with van der Waals surface area (Å²) in [6.45, 7) is 1.93. The second kappa shape index (κ2) is 5.83. The van der Waals surface area contributed by atoms with Gasteiger partial charge in [-0.25, -0.2) is 13.1 Å². The van der Waals surface area contributed by atoms with Crippen LogP contribution in [0.15, 0.2) is 47.4 Å². The fraction of sp³-hybridized carbons (Fsp3) is 0.143. The Morgan fingerprint density at radius 2 is 1.80 bits per heavy atom. The normalized spacial score (nSPS) is 11.5. The van der Waals surface area contributed by atoms with Gasteiger partial charge in [-0.3, -0.25) is 0 Å². The highest BCUT2D eigenvalue weighted by Gasteiger charge is 2.16. The van der Waals surface area contributed by atoms with E-state index in [-0.39, 0.29) is 11.4 Å². The fourth-order valence-corrected chi connectivity index (χ4v) is 3.19.